The number of amidine groups is 1. The maximum absolute atomic E-state index is 11.7. The second-order valence-corrected chi connectivity index (χ2v) is 3.92. The average Bonchev–Trinajstić information content (AvgIpc) is 2.35. The summed E-state index contributed by atoms with van der Waals surface area (Å²) in [7, 11) is 1.59. The summed E-state index contributed by atoms with van der Waals surface area (Å²) in [6.45, 7) is 4.32. The van der Waals surface area contributed by atoms with E-state index in [0.717, 1.165) is 0 Å². The Kier molecular flexibility index (Phi) is 7.29. The summed E-state index contributed by atoms with van der Waals surface area (Å²) in [5.74, 6) is -0.0695. The molecular formula is C11H23N3O3. The third-order valence-corrected chi connectivity index (χ3v) is 2.94. The average molecular weight is 245 g/mol. The molecular weight excluding hydrogens is 222 g/mol. The largest absolute Gasteiger partial charge is 0.409 e. The predicted octanol–water partition coefficient (Wildman–Crippen LogP) is 0.834. The quantitative estimate of drug-likeness (QED) is 0.194. The van der Waals surface area contributed by atoms with Crippen LogP contribution in [0.3, 0.4) is 0 Å². The van der Waals surface area contributed by atoms with Crippen LogP contribution in [0.25, 0.3) is 0 Å². The van der Waals surface area contributed by atoms with E-state index < -0.39 is 5.54 Å². The smallest absolute Gasteiger partial charge is 0.220 e. The molecule has 0 bridgehead atoms. The molecule has 1 amide bonds. The van der Waals surface area contributed by atoms with Crippen molar-refractivity contribution in [3.05, 3.63) is 0 Å². The second-order valence-electron chi connectivity index (χ2n) is 3.92. The second kappa shape index (κ2) is 7.89. The van der Waals surface area contributed by atoms with E-state index in [1.165, 1.54) is 0 Å². The molecule has 0 rings (SSSR count). The van der Waals surface area contributed by atoms with Gasteiger partial charge in [0.1, 0.15) is 5.54 Å². The lowest BCUT2D eigenvalue weighted by atomic mass is 9.91. The van der Waals surface area contributed by atoms with Gasteiger partial charge >= 0.3 is 0 Å². The van der Waals surface area contributed by atoms with Gasteiger partial charge in [-0.1, -0.05) is 19.0 Å². The zero-order valence-electron chi connectivity index (χ0n) is 10.8. The molecule has 6 nitrogen and oxygen atoms in total. The van der Waals surface area contributed by atoms with E-state index in [1.807, 2.05) is 13.8 Å². The lowest BCUT2D eigenvalue weighted by molar-refractivity contribution is -0.122. The summed E-state index contributed by atoms with van der Waals surface area (Å²) in [6, 6.07) is 0. The fourth-order valence-electron chi connectivity index (χ4n) is 1.66. The topological polar surface area (TPSA) is 96.9 Å². The number of oxime groups is 1. The lowest BCUT2D eigenvalue weighted by Gasteiger charge is -2.31. The van der Waals surface area contributed by atoms with Gasteiger partial charge in [0.25, 0.3) is 0 Å². The van der Waals surface area contributed by atoms with Crippen LogP contribution in [0.4, 0.5) is 0 Å². The molecule has 0 fully saturated rings. The molecule has 0 aromatic heterocycles. The monoisotopic (exact) mass is 245 g/mol. The van der Waals surface area contributed by atoms with Crippen LogP contribution in [0.5, 0.6) is 0 Å². The highest BCUT2D eigenvalue weighted by Crippen LogP contribution is 2.15. The van der Waals surface area contributed by atoms with Crippen LogP contribution in [0.2, 0.25) is 0 Å². The van der Waals surface area contributed by atoms with Crippen molar-refractivity contribution in [2.24, 2.45) is 10.9 Å². The van der Waals surface area contributed by atoms with Crippen LogP contribution in [0.15, 0.2) is 5.16 Å². The fraction of sp³-hybridized carbons (Fsp3) is 0.818. The van der Waals surface area contributed by atoms with Crippen molar-refractivity contribution in [1.29, 1.82) is 0 Å². The minimum absolute atomic E-state index is 0.0441. The molecule has 0 heterocycles. The first-order valence-corrected chi connectivity index (χ1v) is 5.84. The Hall–Kier alpha value is -1.30. The first kappa shape index (κ1) is 15.7. The van der Waals surface area contributed by atoms with Crippen LogP contribution in [-0.2, 0) is 9.53 Å². The Morgan fingerprint density at radius 1 is 1.47 bits per heavy atom. The zero-order valence-corrected chi connectivity index (χ0v) is 10.8. The molecule has 0 atom stereocenters. The number of hydrogen-bond donors (Lipinski definition) is 3. The van der Waals surface area contributed by atoms with Gasteiger partial charge in [-0.05, 0) is 19.3 Å². The van der Waals surface area contributed by atoms with Crippen molar-refractivity contribution >= 4 is 11.7 Å². The van der Waals surface area contributed by atoms with Crippen LogP contribution in [-0.4, -0.2) is 36.2 Å². The van der Waals surface area contributed by atoms with Crippen molar-refractivity contribution in [3.63, 3.8) is 0 Å². The Morgan fingerprint density at radius 2 is 2.06 bits per heavy atom. The standard InChI is InChI=1S/C11H23N3O3/c1-4-11(5-2,10(12)14-16)13-9(15)7-6-8-17-3/h16H,4-8H2,1-3H3,(H2,12,14)(H,13,15). The van der Waals surface area contributed by atoms with Crippen molar-refractivity contribution < 1.29 is 14.7 Å². The van der Waals surface area contributed by atoms with Gasteiger partial charge in [0.05, 0.1) is 0 Å². The van der Waals surface area contributed by atoms with E-state index >= 15 is 0 Å². The molecule has 0 aromatic carbocycles. The number of carbonyl (C=O) groups excluding carboxylic acids is 1. The minimum Gasteiger partial charge on any atom is -0.409 e. The van der Waals surface area contributed by atoms with Crippen LogP contribution < -0.4 is 11.1 Å². The van der Waals surface area contributed by atoms with Crippen molar-refractivity contribution in [3.8, 4) is 0 Å². The Morgan fingerprint density at radius 3 is 2.47 bits per heavy atom. The van der Waals surface area contributed by atoms with Crippen molar-refractivity contribution in [2.75, 3.05) is 13.7 Å². The van der Waals surface area contributed by atoms with Gasteiger partial charge in [-0.3, -0.25) is 4.79 Å². The summed E-state index contributed by atoms with van der Waals surface area (Å²) in [6.07, 6.45) is 2.18. The fourth-order valence-corrected chi connectivity index (χ4v) is 1.66. The summed E-state index contributed by atoms with van der Waals surface area (Å²) in [5.41, 5.74) is 4.89. The lowest BCUT2D eigenvalue weighted by Crippen LogP contribution is -2.56. The summed E-state index contributed by atoms with van der Waals surface area (Å²) >= 11 is 0. The van der Waals surface area contributed by atoms with E-state index in [2.05, 4.69) is 10.5 Å². The molecule has 0 aromatic rings. The van der Waals surface area contributed by atoms with Gasteiger partial charge < -0.3 is 21.0 Å². The first-order chi connectivity index (χ1) is 8.06. The molecule has 0 aliphatic carbocycles. The summed E-state index contributed by atoms with van der Waals surface area (Å²) in [5, 5.41) is 14.6. The van der Waals surface area contributed by atoms with Gasteiger partial charge in [-0.25, -0.2) is 0 Å². The molecule has 0 saturated heterocycles. The van der Waals surface area contributed by atoms with Gasteiger partial charge in [0.15, 0.2) is 5.84 Å². The van der Waals surface area contributed by atoms with Crippen molar-refractivity contribution in [2.45, 2.75) is 45.1 Å². The van der Waals surface area contributed by atoms with Crippen molar-refractivity contribution in [1.82, 2.24) is 5.32 Å². The van der Waals surface area contributed by atoms with Crippen LogP contribution in [0, 0.1) is 0 Å². The Bertz CT molecular complexity index is 263. The van der Waals surface area contributed by atoms with E-state index in [9.17, 15) is 4.79 Å². The molecule has 0 radical (unpaired) electrons. The molecule has 17 heavy (non-hydrogen) atoms. The highest BCUT2D eigenvalue weighted by Gasteiger charge is 2.32. The number of amides is 1. The number of methoxy groups -OCH3 is 1. The van der Waals surface area contributed by atoms with Gasteiger partial charge in [0.2, 0.25) is 5.91 Å². The minimum atomic E-state index is -0.751. The number of ether oxygens (including phenoxy) is 1. The maximum atomic E-state index is 11.7. The number of carbonyl (C=O) groups is 1. The van der Waals surface area contributed by atoms with E-state index in [0.29, 0.717) is 32.3 Å². The molecule has 0 aliphatic rings. The molecule has 0 saturated carbocycles. The number of nitrogens with two attached hydrogens (primary N) is 1. The van der Waals surface area contributed by atoms with E-state index in [1.54, 1.807) is 7.11 Å². The van der Waals surface area contributed by atoms with Gasteiger partial charge in [-0.2, -0.15) is 0 Å². The first-order valence-electron chi connectivity index (χ1n) is 5.84. The third kappa shape index (κ3) is 4.60. The van der Waals surface area contributed by atoms with E-state index in [-0.39, 0.29) is 11.7 Å². The van der Waals surface area contributed by atoms with Gasteiger partial charge in [0, 0.05) is 20.1 Å². The van der Waals surface area contributed by atoms with Crippen LogP contribution >= 0.6 is 0 Å². The highest BCUT2D eigenvalue weighted by atomic mass is 16.5. The molecule has 6 heteroatoms. The van der Waals surface area contributed by atoms with E-state index in [4.69, 9.17) is 15.7 Å². The number of hydrogen-bond acceptors (Lipinski definition) is 4. The summed E-state index contributed by atoms with van der Waals surface area (Å²) in [4.78, 5) is 11.7. The number of nitrogens with zero attached hydrogens (tertiary/aromatic N) is 1. The molecule has 100 valence electrons. The predicted molar refractivity (Wildman–Crippen MR) is 66.0 cm³/mol. The van der Waals surface area contributed by atoms with Gasteiger partial charge in [-0.15, -0.1) is 0 Å². The molecule has 0 aliphatic heterocycles. The SMILES string of the molecule is CCC(CC)(NC(=O)CCCOC)C(N)=NO. The Balaban J connectivity index is 4.49. The number of nitrogens with one attached hydrogen (secondary N) is 1. The zero-order chi connectivity index (χ0) is 13.3. The summed E-state index contributed by atoms with van der Waals surface area (Å²) < 4.78 is 4.88. The Labute approximate surface area is 102 Å². The highest BCUT2D eigenvalue weighted by molar-refractivity contribution is 5.93. The normalized spacial score (nSPS) is 12.5. The number of rotatable bonds is 8. The molecule has 0 unspecified atom stereocenters. The van der Waals surface area contributed by atoms with Crippen LogP contribution in [0.1, 0.15) is 39.5 Å². The molecule has 4 N–H and O–H groups in total. The molecule has 0 spiro atoms. The maximum Gasteiger partial charge on any atom is 0.220 e. The third-order valence-electron chi connectivity index (χ3n) is 2.94.